The first-order chi connectivity index (χ1) is 17.0. The summed E-state index contributed by atoms with van der Waals surface area (Å²) in [5.74, 6) is -2.11. The molecular formula is C28H50N2O8. The Bertz CT molecular complexity index is 831. The third-order valence-electron chi connectivity index (χ3n) is 6.25. The summed E-state index contributed by atoms with van der Waals surface area (Å²) < 4.78 is 15.7. The van der Waals surface area contributed by atoms with E-state index in [0.29, 0.717) is 12.8 Å². The number of hydrogen-bond donors (Lipinski definition) is 3. The van der Waals surface area contributed by atoms with Crippen LogP contribution in [-0.4, -0.2) is 75.4 Å². The number of ketones is 1. The summed E-state index contributed by atoms with van der Waals surface area (Å²) in [5.41, 5.74) is -0.376. The SMILES string of the molecule is CC(=O)CC(=O)OC(C)C(=O)OC1CC(C)(C)NC(C)(C)C1.CC(O)C(=O)OC1CC(C)(C)NC(C)(C)C1. The van der Waals surface area contributed by atoms with Gasteiger partial charge in [0, 0.05) is 47.8 Å². The van der Waals surface area contributed by atoms with Crippen LogP contribution < -0.4 is 10.6 Å². The minimum Gasteiger partial charge on any atom is -0.460 e. The maximum absolute atomic E-state index is 12.0. The molecule has 0 amide bonds. The molecular weight excluding hydrogens is 492 g/mol. The van der Waals surface area contributed by atoms with Gasteiger partial charge in [0.2, 0.25) is 0 Å². The number of esters is 3. The monoisotopic (exact) mass is 542 g/mol. The van der Waals surface area contributed by atoms with Crippen LogP contribution in [0.4, 0.5) is 0 Å². The fourth-order valence-corrected chi connectivity index (χ4v) is 5.64. The van der Waals surface area contributed by atoms with Gasteiger partial charge in [-0.25, -0.2) is 9.59 Å². The van der Waals surface area contributed by atoms with Crippen LogP contribution in [0.15, 0.2) is 0 Å². The van der Waals surface area contributed by atoms with E-state index in [2.05, 4.69) is 66.0 Å². The standard InChI is InChI=1S/C16H27NO5.C12H23NO3/c1-10(18)7-13(19)21-11(2)14(20)22-12-8-15(3,4)17-16(5,6)9-12;1-8(14)10(15)16-9-6-11(2,3)13-12(4,5)7-9/h11-12,17H,7-9H2,1-6H3;8-9,13-14H,6-7H2,1-5H3. The van der Waals surface area contributed by atoms with E-state index in [-0.39, 0.29) is 46.6 Å². The van der Waals surface area contributed by atoms with E-state index in [0.717, 1.165) is 12.8 Å². The molecule has 2 unspecified atom stereocenters. The molecule has 38 heavy (non-hydrogen) atoms. The van der Waals surface area contributed by atoms with Crippen molar-refractivity contribution < 1.29 is 38.5 Å². The summed E-state index contributed by atoms with van der Waals surface area (Å²) in [5, 5.41) is 16.1. The Morgan fingerprint density at radius 2 is 1.08 bits per heavy atom. The van der Waals surface area contributed by atoms with E-state index in [1.54, 1.807) is 0 Å². The van der Waals surface area contributed by atoms with Gasteiger partial charge in [-0.2, -0.15) is 0 Å². The molecule has 2 rings (SSSR count). The zero-order valence-electron chi connectivity index (χ0n) is 25.1. The Kier molecular flexibility index (Phi) is 11.5. The highest BCUT2D eigenvalue weighted by Crippen LogP contribution is 2.31. The minimum atomic E-state index is -1.04. The molecule has 0 aromatic heterocycles. The third kappa shape index (κ3) is 12.7. The lowest BCUT2D eigenvalue weighted by Gasteiger charge is -2.46. The molecule has 0 radical (unpaired) electrons. The summed E-state index contributed by atoms with van der Waals surface area (Å²) in [7, 11) is 0. The zero-order valence-corrected chi connectivity index (χ0v) is 25.1. The molecule has 10 heteroatoms. The quantitative estimate of drug-likeness (QED) is 0.250. The lowest BCUT2D eigenvalue weighted by Crippen LogP contribution is -2.60. The van der Waals surface area contributed by atoms with Crippen LogP contribution in [0.3, 0.4) is 0 Å². The largest absolute Gasteiger partial charge is 0.460 e. The van der Waals surface area contributed by atoms with Gasteiger partial charge in [0.1, 0.15) is 30.5 Å². The smallest absolute Gasteiger partial charge is 0.347 e. The first kappa shape index (κ1) is 34.0. The lowest BCUT2D eigenvalue weighted by atomic mass is 9.81. The Hall–Kier alpha value is -2.04. The lowest BCUT2D eigenvalue weighted by molar-refractivity contribution is -0.173. The van der Waals surface area contributed by atoms with E-state index >= 15 is 0 Å². The first-order valence-electron chi connectivity index (χ1n) is 13.4. The van der Waals surface area contributed by atoms with Crippen molar-refractivity contribution in [1.82, 2.24) is 10.6 Å². The molecule has 0 spiro atoms. The van der Waals surface area contributed by atoms with Gasteiger partial charge in [0.15, 0.2) is 6.10 Å². The number of carbonyl (C=O) groups excluding carboxylic acids is 4. The van der Waals surface area contributed by atoms with Gasteiger partial charge >= 0.3 is 17.9 Å². The summed E-state index contributed by atoms with van der Waals surface area (Å²) >= 11 is 0. The second kappa shape index (κ2) is 12.9. The van der Waals surface area contributed by atoms with Crippen molar-refractivity contribution in [2.24, 2.45) is 0 Å². The molecule has 0 saturated carbocycles. The van der Waals surface area contributed by atoms with Gasteiger partial charge in [0.25, 0.3) is 0 Å². The molecule has 2 fully saturated rings. The molecule has 0 aliphatic carbocycles. The van der Waals surface area contributed by atoms with E-state index in [9.17, 15) is 19.2 Å². The van der Waals surface area contributed by atoms with Gasteiger partial charge < -0.3 is 30.0 Å². The van der Waals surface area contributed by atoms with Crippen LogP contribution >= 0.6 is 0 Å². The molecule has 2 heterocycles. The highest BCUT2D eigenvalue weighted by molar-refractivity contribution is 5.95. The topological polar surface area (TPSA) is 140 Å². The summed E-state index contributed by atoms with van der Waals surface area (Å²) in [4.78, 5) is 45.6. The van der Waals surface area contributed by atoms with Gasteiger partial charge in [-0.1, -0.05) is 0 Å². The van der Waals surface area contributed by atoms with Crippen molar-refractivity contribution in [2.45, 2.75) is 155 Å². The number of aliphatic hydroxyl groups excluding tert-OH is 1. The van der Waals surface area contributed by atoms with Crippen LogP contribution in [-0.2, 0) is 33.4 Å². The van der Waals surface area contributed by atoms with Crippen LogP contribution in [0.5, 0.6) is 0 Å². The summed E-state index contributed by atoms with van der Waals surface area (Å²) in [6.07, 6.45) is 0.205. The second-order valence-electron chi connectivity index (χ2n) is 13.4. The molecule has 2 saturated heterocycles. The van der Waals surface area contributed by atoms with Crippen LogP contribution in [0.25, 0.3) is 0 Å². The van der Waals surface area contributed by atoms with Crippen molar-refractivity contribution >= 4 is 23.7 Å². The molecule has 2 aliphatic heterocycles. The number of nitrogens with one attached hydrogen (secondary N) is 2. The molecule has 3 N–H and O–H groups in total. The van der Waals surface area contributed by atoms with Crippen LogP contribution in [0.2, 0.25) is 0 Å². The van der Waals surface area contributed by atoms with Crippen molar-refractivity contribution in [2.75, 3.05) is 0 Å². The van der Waals surface area contributed by atoms with E-state index in [1.165, 1.54) is 20.8 Å². The number of piperidine rings is 2. The number of Topliss-reactive ketones (excluding diaryl/α,β-unsaturated/α-hetero) is 1. The van der Waals surface area contributed by atoms with Crippen molar-refractivity contribution in [3.05, 3.63) is 0 Å². The number of rotatable bonds is 7. The number of aliphatic hydroxyl groups is 1. The molecule has 0 aromatic rings. The molecule has 10 nitrogen and oxygen atoms in total. The summed E-state index contributed by atoms with van der Waals surface area (Å²) in [6.45, 7) is 20.8. The average Bonchev–Trinajstić information content (AvgIpc) is 2.62. The fourth-order valence-electron chi connectivity index (χ4n) is 5.64. The molecule has 0 aromatic carbocycles. The molecule has 2 atom stereocenters. The number of hydrogen-bond acceptors (Lipinski definition) is 10. The maximum Gasteiger partial charge on any atom is 0.347 e. The third-order valence-corrected chi connectivity index (χ3v) is 6.25. The highest BCUT2D eigenvalue weighted by atomic mass is 16.6. The zero-order chi connectivity index (χ0) is 29.7. The van der Waals surface area contributed by atoms with Gasteiger partial charge in [-0.05, 0) is 76.2 Å². The first-order valence-corrected chi connectivity index (χ1v) is 13.4. The normalized spacial score (nSPS) is 23.6. The van der Waals surface area contributed by atoms with Crippen LogP contribution in [0, 0.1) is 0 Å². The number of ether oxygens (including phenoxy) is 3. The van der Waals surface area contributed by atoms with Gasteiger partial charge in [0.05, 0.1) is 0 Å². The van der Waals surface area contributed by atoms with Gasteiger partial charge in [-0.15, -0.1) is 0 Å². The highest BCUT2D eigenvalue weighted by Gasteiger charge is 2.41. The number of carbonyl (C=O) groups is 4. The maximum atomic E-state index is 12.0. The fraction of sp³-hybridized carbons (Fsp3) is 0.857. The predicted molar refractivity (Wildman–Crippen MR) is 143 cm³/mol. The minimum absolute atomic E-state index is 0.0502. The van der Waals surface area contributed by atoms with Crippen molar-refractivity contribution in [3.8, 4) is 0 Å². The van der Waals surface area contributed by atoms with E-state index in [1.807, 2.05) is 0 Å². The van der Waals surface area contributed by atoms with Crippen molar-refractivity contribution in [1.29, 1.82) is 0 Å². The predicted octanol–water partition coefficient (Wildman–Crippen LogP) is 2.97. The molecule has 0 bridgehead atoms. The van der Waals surface area contributed by atoms with E-state index in [4.69, 9.17) is 19.3 Å². The Morgan fingerprint density at radius 1 is 0.737 bits per heavy atom. The van der Waals surface area contributed by atoms with Gasteiger partial charge in [-0.3, -0.25) is 9.59 Å². The Balaban J connectivity index is 0.000000399. The second-order valence-corrected chi connectivity index (χ2v) is 13.4. The molecule has 220 valence electrons. The van der Waals surface area contributed by atoms with E-state index < -0.39 is 30.1 Å². The van der Waals surface area contributed by atoms with Crippen molar-refractivity contribution in [3.63, 3.8) is 0 Å². The Labute approximate surface area is 227 Å². The Morgan fingerprint density at radius 3 is 1.39 bits per heavy atom. The molecule has 2 aliphatic rings. The average molecular weight is 543 g/mol. The summed E-state index contributed by atoms with van der Waals surface area (Å²) in [6, 6.07) is 0. The van der Waals surface area contributed by atoms with Crippen LogP contribution in [0.1, 0.15) is 108 Å².